The lowest BCUT2D eigenvalue weighted by molar-refractivity contribution is 0.415. The molecule has 2 rings (SSSR count). The fourth-order valence-electron chi connectivity index (χ4n) is 1.85. The first-order valence-electron chi connectivity index (χ1n) is 5.64. The summed E-state index contributed by atoms with van der Waals surface area (Å²) in [4.78, 5) is 3.20. The van der Waals surface area contributed by atoms with Crippen molar-refractivity contribution >= 4 is 23.3 Å². The Morgan fingerprint density at radius 1 is 1.47 bits per heavy atom. The van der Waals surface area contributed by atoms with Crippen LogP contribution in [-0.2, 0) is 6.54 Å². The van der Waals surface area contributed by atoms with Gasteiger partial charge in [-0.25, -0.2) is 0 Å². The summed E-state index contributed by atoms with van der Waals surface area (Å²) in [6, 6.07) is 5.94. The maximum Gasteiger partial charge on any atom is 0.178 e. The van der Waals surface area contributed by atoms with Gasteiger partial charge in [-0.2, -0.15) is 0 Å². The highest BCUT2D eigenvalue weighted by Gasteiger charge is 2.04. The van der Waals surface area contributed by atoms with Gasteiger partial charge < -0.3 is 14.3 Å². The van der Waals surface area contributed by atoms with Gasteiger partial charge in [0.15, 0.2) is 4.77 Å². The van der Waals surface area contributed by atoms with Crippen LogP contribution < -0.4 is 4.74 Å². The predicted octanol–water partition coefficient (Wildman–Crippen LogP) is 3.67. The number of methoxy groups -OCH3 is 1. The highest BCUT2D eigenvalue weighted by molar-refractivity contribution is 7.71. The topological polar surface area (TPSA) is 29.9 Å². The number of benzene rings is 1. The largest absolute Gasteiger partial charge is 0.497 e. The first kappa shape index (κ1) is 11.9. The van der Waals surface area contributed by atoms with E-state index in [1.54, 1.807) is 7.11 Å². The summed E-state index contributed by atoms with van der Waals surface area (Å²) in [5.74, 6) is 0.853. The summed E-state index contributed by atoms with van der Waals surface area (Å²) in [7, 11) is 1.67. The Labute approximate surface area is 106 Å². The van der Waals surface area contributed by atoms with Crippen molar-refractivity contribution in [2.24, 2.45) is 0 Å². The number of nitrogens with one attached hydrogen (secondary N) is 1. The lowest BCUT2D eigenvalue weighted by atomic mass is 10.3. The second kappa shape index (κ2) is 5.19. The Morgan fingerprint density at radius 3 is 3.00 bits per heavy atom. The molecule has 1 N–H and O–H groups in total. The molecule has 90 valence electrons. The van der Waals surface area contributed by atoms with Crippen LogP contribution in [-0.4, -0.2) is 16.7 Å². The number of allylic oxidation sites excluding steroid dienone is 2. The molecule has 0 aliphatic heterocycles. The van der Waals surface area contributed by atoms with Gasteiger partial charge in [0, 0.05) is 12.6 Å². The lowest BCUT2D eigenvalue weighted by Crippen LogP contribution is -1.96. The van der Waals surface area contributed by atoms with Crippen LogP contribution in [0.1, 0.15) is 13.3 Å². The average Bonchev–Trinajstić information content (AvgIpc) is 2.65. The second-order valence-corrected chi connectivity index (χ2v) is 4.21. The van der Waals surface area contributed by atoms with Gasteiger partial charge in [0.1, 0.15) is 5.75 Å². The Hall–Kier alpha value is -1.55. The molecule has 1 heterocycles. The van der Waals surface area contributed by atoms with E-state index in [9.17, 15) is 0 Å². The fourth-order valence-corrected chi connectivity index (χ4v) is 2.15. The van der Waals surface area contributed by atoms with Crippen molar-refractivity contribution in [3.05, 3.63) is 35.1 Å². The van der Waals surface area contributed by atoms with Crippen molar-refractivity contribution in [3.63, 3.8) is 0 Å². The first-order valence-corrected chi connectivity index (χ1v) is 6.05. The predicted molar refractivity (Wildman–Crippen MR) is 73.1 cm³/mol. The van der Waals surface area contributed by atoms with Crippen LogP contribution >= 0.6 is 12.2 Å². The van der Waals surface area contributed by atoms with Crippen molar-refractivity contribution in [2.75, 3.05) is 7.11 Å². The normalized spacial score (nSPS) is 11.4. The third-order valence-electron chi connectivity index (χ3n) is 2.74. The van der Waals surface area contributed by atoms with E-state index in [2.05, 4.69) is 21.7 Å². The second-order valence-electron chi connectivity index (χ2n) is 3.82. The number of fused-ring (bicyclic) bond motifs is 1. The van der Waals surface area contributed by atoms with Crippen LogP contribution in [0.3, 0.4) is 0 Å². The Bertz CT molecular complexity index is 595. The van der Waals surface area contributed by atoms with Gasteiger partial charge >= 0.3 is 0 Å². The van der Waals surface area contributed by atoms with E-state index in [1.807, 2.05) is 25.1 Å². The van der Waals surface area contributed by atoms with Crippen molar-refractivity contribution in [2.45, 2.75) is 19.9 Å². The first-order chi connectivity index (χ1) is 8.26. The van der Waals surface area contributed by atoms with Crippen molar-refractivity contribution in [3.8, 4) is 5.75 Å². The van der Waals surface area contributed by atoms with Crippen LogP contribution in [0.5, 0.6) is 5.75 Å². The molecule has 0 spiro atoms. The van der Waals surface area contributed by atoms with Gasteiger partial charge in [0.2, 0.25) is 0 Å². The quantitative estimate of drug-likeness (QED) is 0.661. The van der Waals surface area contributed by atoms with Gasteiger partial charge in [-0.15, -0.1) is 0 Å². The molecule has 0 amide bonds. The molecule has 1 aromatic heterocycles. The molecular weight excluding hydrogens is 232 g/mol. The number of H-pyrrole nitrogens is 1. The highest BCUT2D eigenvalue weighted by atomic mass is 32.1. The maximum atomic E-state index is 5.32. The van der Waals surface area contributed by atoms with Gasteiger partial charge in [-0.3, -0.25) is 0 Å². The average molecular weight is 248 g/mol. The maximum absolute atomic E-state index is 5.32. The molecule has 0 saturated heterocycles. The standard InChI is InChI=1S/C13H16N2OS/c1-3-4-5-8-15-12-9-10(16-2)6-7-11(12)14-13(15)17/h3-4,6-7,9H,5,8H2,1-2H3,(H,14,17)/b4-3+. The van der Waals surface area contributed by atoms with Crippen LogP contribution in [0.15, 0.2) is 30.4 Å². The summed E-state index contributed by atoms with van der Waals surface area (Å²) in [5.41, 5.74) is 2.15. The minimum Gasteiger partial charge on any atom is -0.497 e. The van der Waals surface area contributed by atoms with E-state index in [1.165, 1.54) is 0 Å². The number of imidazole rings is 1. The molecule has 0 bridgehead atoms. The monoisotopic (exact) mass is 248 g/mol. The number of hydrogen-bond acceptors (Lipinski definition) is 2. The molecule has 0 atom stereocenters. The van der Waals surface area contributed by atoms with Crippen LogP contribution in [0.4, 0.5) is 0 Å². The molecule has 0 saturated carbocycles. The van der Waals surface area contributed by atoms with Crippen molar-refractivity contribution in [1.82, 2.24) is 9.55 Å². The highest BCUT2D eigenvalue weighted by Crippen LogP contribution is 2.20. The summed E-state index contributed by atoms with van der Waals surface area (Å²) in [5, 5.41) is 0. The molecule has 0 aliphatic carbocycles. The smallest absolute Gasteiger partial charge is 0.178 e. The molecule has 2 aromatic rings. The summed E-state index contributed by atoms with van der Waals surface area (Å²) < 4.78 is 8.10. The number of aromatic amines is 1. The lowest BCUT2D eigenvalue weighted by Gasteiger charge is -2.03. The zero-order chi connectivity index (χ0) is 12.3. The van der Waals surface area contributed by atoms with Crippen molar-refractivity contribution in [1.29, 1.82) is 0 Å². The van der Waals surface area contributed by atoms with E-state index in [0.29, 0.717) is 0 Å². The zero-order valence-corrected chi connectivity index (χ0v) is 10.9. The van der Waals surface area contributed by atoms with E-state index >= 15 is 0 Å². The van der Waals surface area contributed by atoms with E-state index in [4.69, 9.17) is 17.0 Å². The number of nitrogens with zero attached hydrogens (tertiary/aromatic N) is 1. The van der Waals surface area contributed by atoms with E-state index in [0.717, 1.165) is 34.5 Å². The Morgan fingerprint density at radius 2 is 2.29 bits per heavy atom. The number of hydrogen-bond donors (Lipinski definition) is 1. The number of aromatic nitrogens is 2. The molecule has 17 heavy (non-hydrogen) atoms. The molecule has 0 unspecified atom stereocenters. The third-order valence-corrected chi connectivity index (χ3v) is 3.06. The van der Waals surface area contributed by atoms with Gasteiger partial charge in [-0.05, 0) is 37.7 Å². The van der Waals surface area contributed by atoms with Gasteiger partial charge in [0.05, 0.1) is 18.1 Å². The number of ether oxygens (including phenoxy) is 1. The third kappa shape index (κ3) is 2.42. The van der Waals surface area contributed by atoms with Crippen LogP contribution in [0.2, 0.25) is 0 Å². The molecule has 0 fully saturated rings. The minimum absolute atomic E-state index is 0.762. The molecule has 0 radical (unpaired) electrons. The number of rotatable bonds is 4. The molecule has 3 nitrogen and oxygen atoms in total. The van der Waals surface area contributed by atoms with Crippen LogP contribution in [0, 0.1) is 4.77 Å². The Balaban J connectivity index is 2.45. The zero-order valence-electron chi connectivity index (χ0n) is 10.1. The van der Waals surface area contributed by atoms with Gasteiger partial charge in [0.25, 0.3) is 0 Å². The van der Waals surface area contributed by atoms with Crippen LogP contribution in [0.25, 0.3) is 11.0 Å². The summed E-state index contributed by atoms with van der Waals surface area (Å²) in [6.07, 6.45) is 5.18. The molecule has 4 heteroatoms. The van der Waals surface area contributed by atoms with Crippen molar-refractivity contribution < 1.29 is 4.74 Å². The number of aryl methyl sites for hydroxylation is 1. The Kier molecular flexibility index (Phi) is 3.64. The molecular formula is C13H16N2OS. The molecule has 1 aromatic carbocycles. The fraction of sp³-hybridized carbons (Fsp3) is 0.308. The summed E-state index contributed by atoms with van der Waals surface area (Å²) >= 11 is 5.32. The van der Waals surface area contributed by atoms with E-state index < -0.39 is 0 Å². The summed E-state index contributed by atoms with van der Waals surface area (Å²) in [6.45, 7) is 2.91. The van der Waals surface area contributed by atoms with E-state index in [-0.39, 0.29) is 0 Å². The molecule has 0 aliphatic rings. The SMILES string of the molecule is C/C=C/CCn1c(=S)[nH]c2ccc(OC)cc21. The minimum atomic E-state index is 0.762. The van der Waals surface area contributed by atoms with Gasteiger partial charge in [-0.1, -0.05) is 12.2 Å².